The zero-order valence-corrected chi connectivity index (χ0v) is 19.7. The van der Waals surface area contributed by atoms with E-state index in [2.05, 4.69) is 34.1 Å². The first-order chi connectivity index (χ1) is 16.6. The lowest BCUT2D eigenvalue weighted by molar-refractivity contribution is -0.118. The fraction of sp³-hybridized carbons (Fsp3) is 0.333. The molecule has 0 N–H and O–H groups in total. The molecule has 7 heteroatoms. The highest BCUT2D eigenvalue weighted by atomic mass is 19.1. The van der Waals surface area contributed by atoms with E-state index in [0.29, 0.717) is 18.8 Å². The third kappa shape index (κ3) is 5.54. The zero-order valence-electron chi connectivity index (χ0n) is 19.7. The maximum Gasteiger partial charge on any atom is 0.210 e. The van der Waals surface area contributed by atoms with Gasteiger partial charge in [0, 0.05) is 44.5 Å². The van der Waals surface area contributed by atoms with Gasteiger partial charge in [-0.15, -0.1) is 0 Å². The number of methoxy groups -OCH3 is 2. The first-order valence-corrected chi connectivity index (χ1v) is 11.4. The van der Waals surface area contributed by atoms with E-state index in [1.165, 1.54) is 22.9 Å². The van der Waals surface area contributed by atoms with Gasteiger partial charge in [0.05, 0.1) is 20.4 Å². The van der Waals surface area contributed by atoms with Gasteiger partial charge in [-0.05, 0) is 53.3 Å². The molecule has 0 fully saturated rings. The number of halogens is 1. The third-order valence-corrected chi connectivity index (χ3v) is 6.36. The molecule has 34 heavy (non-hydrogen) atoms. The summed E-state index contributed by atoms with van der Waals surface area (Å²) in [5.41, 5.74) is 5.87. The van der Waals surface area contributed by atoms with Crippen LogP contribution in [0.4, 0.5) is 4.39 Å². The van der Waals surface area contributed by atoms with E-state index in [0.717, 1.165) is 55.8 Å². The Morgan fingerprint density at radius 1 is 0.941 bits per heavy atom. The van der Waals surface area contributed by atoms with Gasteiger partial charge in [-0.25, -0.2) is 4.39 Å². The highest BCUT2D eigenvalue weighted by Gasteiger charge is 2.18. The molecule has 6 nitrogen and oxygen atoms in total. The van der Waals surface area contributed by atoms with Crippen molar-refractivity contribution in [2.45, 2.75) is 32.5 Å². The molecule has 5 rings (SSSR count). The van der Waals surface area contributed by atoms with Crippen molar-refractivity contribution in [1.82, 2.24) is 14.8 Å². The molecule has 0 spiro atoms. The summed E-state index contributed by atoms with van der Waals surface area (Å²) in [4.78, 5) is 18.5. The fourth-order valence-corrected chi connectivity index (χ4v) is 4.46. The van der Waals surface area contributed by atoms with E-state index in [1.54, 1.807) is 31.4 Å². The van der Waals surface area contributed by atoms with E-state index in [4.69, 9.17) is 9.47 Å². The summed E-state index contributed by atoms with van der Waals surface area (Å²) in [6, 6.07) is 14.2. The summed E-state index contributed by atoms with van der Waals surface area (Å²) in [5.74, 6) is 1.26. The molecule has 0 saturated heterocycles. The number of rotatable bonds is 5. The standard InChI is InChI=1S/C15H15FN2.C12H15NO3/c16-15-9-17-7-5-14(15)11-18-8-6-12-3-1-2-4-13(12)10-18;1-15-11-5-9-3-4-13(8-14)7-10(9)6-12(11)16-2/h1-5,7,9H,6,8,10-11H2;5-6,8H,3-4,7H2,1-2H3. The Kier molecular flexibility index (Phi) is 7.75. The van der Waals surface area contributed by atoms with Crippen molar-refractivity contribution in [2.75, 3.05) is 27.3 Å². The van der Waals surface area contributed by atoms with Crippen molar-refractivity contribution in [3.8, 4) is 11.5 Å². The van der Waals surface area contributed by atoms with Crippen LogP contribution in [0.5, 0.6) is 11.5 Å². The average molecular weight is 464 g/mol. The second kappa shape index (κ2) is 11.1. The Hall–Kier alpha value is -3.45. The predicted molar refractivity (Wildman–Crippen MR) is 128 cm³/mol. The molecule has 3 aromatic rings. The Labute approximate surface area is 199 Å². The number of nitrogens with zero attached hydrogens (tertiary/aromatic N) is 3. The summed E-state index contributed by atoms with van der Waals surface area (Å²) < 4.78 is 24.0. The number of pyridine rings is 1. The number of aromatic nitrogens is 1. The van der Waals surface area contributed by atoms with E-state index in [9.17, 15) is 9.18 Å². The number of hydrogen-bond acceptors (Lipinski definition) is 5. The minimum absolute atomic E-state index is 0.212. The lowest BCUT2D eigenvalue weighted by Gasteiger charge is -2.28. The molecular formula is C27H30FN3O3. The number of ether oxygens (including phenoxy) is 2. The first kappa shape index (κ1) is 23.7. The van der Waals surface area contributed by atoms with Crippen molar-refractivity contribution in [1.29, 1.82) is 0 Å². The number of fused-ring (bicyclic) bond motifs is 2. The maximum absolute atomic E-state index is 13.6. The van der Waals surface area contributed by atoms with E-state index >= 15 is 0 Å². The monoisotopic (exact) mass is 463 g/mol. The molecular weight excluding hydrogens is 433 g/mol. The molecule has 178 valence electrons. The molecule has 0 unspecified atom stereocenters. The van der Waals surface area contributed by atoms with Crippen LogP contribution in [0.1, 0.15) is 27.8 Å². The van der Waals surface area contributed by atoms with Crippen molar-refractivity contribution in [2.24, 2.45) is 0 Å². The van der Waals surface area contributed by atoms with Gasteiger partial charge >= 0.3 is 0 Å². The summed E-state index contributed by atoms with van der Waals surface area (Å²) in [5, 5.41) is 0. The lowest BCUT2D eigenvalue weighted by Crippen LogP contribution is -2.30. The molecule has 3 heterocycles. The van der Waals surface area contributed by atoms with Gasteiger partial charge < -0.3 is 14.4 Å². The van der Waals surface area contributed by atoms with Crippen LogP contribution < -0.4 is 9.47 Å². The summed E-state index contributed by atoms with van der Waals surface area (Å²) in [6.45, 7) is 3.96. The summed E-state index contributed by atoms with van der Waals surface area (Å²) in [7, 11) is 3.25. The number of carbonyl (C=O) groups is 1. The quantitative estimate of drug-likeness (QED) is 0.536. The van der Waals surface area contributed by atoms with Crippen LogP contribution in [0.15, 0.2) is 54.9 Å². The zero-order chi connectivity index (χ0) is 23.9. The van der Waals surface area contributed by atoms with Crippen LogP contribution in [0.2, 0.25) is 0 Å². The van der Waals surface area contributed by atoms with Gasteiger partial charge in [-0.1, -0.05) is 24.3 Å². The Morgan fingerprint density at radius 2 is 1.65 bits per heavy atom. The van der Waals surface area contributed by atoms with Gasteiger partial charge in [-0.3, -0.25) is 14.7 Å². The summed E-state index contributed by atoms with van der Waals surface area (Å²) >= 11 is 0. The molecule has 2 aliphatic heterocycles. The molecule has 0 aliphatic carbocycles. The van der Waals surface area contributed by atoms with Gasteiger partial charge in [0.2, 0.25) is 6.41 Å². The van der Waals surface area contributed by atoms with Crippen LogP contribution in [0.25, 0.3) is 0 Å². The molecule has 0 radical (unpaired) electrons. The highest BCUT2D eigenvalue weighted by Crippen LogP contribution is 2.32. The lowest BCUT2D eigenvalue weighted by atomic mass is 9.99. The van der Waals surface area contributed by atoms with Crippen molar-refractivity contribution >= 4 is 6.41 Å². The molecule has 0 saturated carbocycles. The fourth-order valence-electron chi connectivity index (χ4n) is 4.46. The second-order valence-electron chi connectivity index (χ2n) is 8.50. The Bertz CT molecular complexity index is 1140. The molecule has 2 aromatic carbocycles. The van der Waals surface area contributed by atoms with Crippen molar-refractivity contribution in [3.05, 3.63) is 88.5 Å². The topological polar surface area (TPSA) is 54.9 Å². The molecule has 0 atom stereocenters. The third-order valence-electron chi connectivity index (χ3n) is 6.36. The van der Waals surface area contributed by atoms with E-state index in [1.807, 2.05) is 12.1 Å². The summed E-state index contributed by atoms with van der Waals surface area (Å²) in [6.07, 6.45) is 5.74. The molecule has 1 amide bonds. The Balaban J connectivity index is 0.000000162. The first-order valence-electron chi connectivity index (χ1n) is 11.4. The average Bonchev–Trinajstić information content (AvgIpc) is 2.89. The molecule has 1 aromatic heterocycles. The maximum atomic E-state index is 13.6. The minimum Gasteiger partial charge on any atom is -0.493 e. The number of carbonyl (C=O) groups excluding carboxylic acids is 1. The minimum atomic E-state index is -0.212. The van der Waals surface area contributed by atoms with Crippen LogP contribution in [0, 0.1) is 5.82 Å². The van der Waals surface area contributed by atoms with Crippen molar-refractivity contribution < 1.29 is 18.7 Å². The van der Waals surface area contributed by atoms with Gasteiger partial charge in [0.15, 0.2) is 11.5 Å². The SMILES string of the molecule is COc1cc2c(cc1OC)CN(C=O)CC2.Fc1cnccc1CN1CCc2ccccc2C1. The predicted octanol–water partition coefficient (Wildman–Crippen LogP) is 4.00. The van der Waals surface area contributed by atoms with E-state index in [-0.39, 0.29) is 5.82 Å². The van der Waals surface area contributed by atoms with Gasteiger partial charge in [0.1, 0.15) is 5.82 Å². The van der Waals surface area contributed by atoms with E-state index < -0.39 is 0 Å². The van der Waals surface area contributed by atoms with Gasteiger partial charge in [0.25, 0.3) is 0 Å². The second-order valence-corrected chi connectivity index (χ2v) is 8.50. The van der Waals surface area contributed by atoms with Crippen LogP contribution in [-0.2, 0) is 37.3 Å². The molecule has 0 bridgehead atoms. The molecule has 2 aliphatic rings. The highest BCUT2D eigenvalue weighted by molar-refractivity contribution is 5.52. The van der Waals surface area contributed by atoms with Crippen molar-refractivity contribution in [3.63, 3.8) is 0 Å². The largest absolute Gasteiger partial charge is 0.493 e. The number of hydrogen-bond donors (Lipinski definition) is 0. The van der Waals surface area contributed by atoms with Gasteiger partial charge in [-0.2, -0.15) is 0 Å². The van der Waals surface area contributed by atoms with Crippen LogP contribution in [-0.4, -0.2) is 48.5 Å². The number of amides is 1. The smallest absolute Gasteiger partial charge is 0.210 e. The number of benzene rings is 2. The Morgan fingerprint density at radius 3 is 2.35 bits per heavy atom. The van der Waals surface area contributed by atoms with Crippen LogP contribution >= 0.6 is 0 Å². The van der Waals surface area contributed by atoms with Crippen LogP contribution in [0.3, 0.4) is 0 Å². The normalized spacial score (nSPS) is 14.9.